The predicted molar refractivity (Wildman–Crippen MR) is 133 cm³/mol. The molecule has 3 aromatic rings. The van der Waals surface area contributed by atoms with Gasteiger partial charge in [0.2, 0.25) is 5.91 Å². The Morgan fingerprint density at radius 3 is 2.70 bits per heavy atom. The van der Waals surface area contributed by atoms with Gasteiger partial charge in [0.05, 0.1) is 13.2 Å². The average Bonchev–Trinajstić information content (AvgIpc) is 3.00. The second-order valence-electron chi connectivity index (χ2n) is 9.01. The van der Waals surface area contributed by atoms with Crippen molar-refractivity contribution in [2.24, 2.45) is 0 Å². The summed E-state index contributed by atoms with van der Waals surface area (Å²) in [5.74, 6) is 5.40. The quantitative estimate of drug-likeness (QED) is 0.534. The molecular weight excluding hydrogens is 477 g/mol. The largest absolute Gasteiger partial charge is 0.457 e. The van der Waals surface area contributed by atoms with Crippen molar-refractivity contribution in [3.05, 3.63) is 83.4 Å². The number of benzene rings is 2. The Hall–Kier alpha value is -4.26. The Morgan fingerprint density at radius 1 is 1.19 bits per heavy atom. The fourth-order valence-electron chi connectivity index (χ4n) is 4.10. The van der Waals surface area contributed by atoms with E-state index in [2.05, 4.69) is 22.1 Å². The number of carbonyl (C=O) groups excluding carboxylic acids is 2. The fraction of sp³-hybridized carbons (Fsp3) is 0.250. The topological polar surface area (TPSA) is 101 Å². The van der Waals surface area contributed by atoms with Crippen molar-refractivity contribution >= 4 is 17.5 Å². The molecule has 2 N–H and O–H groups in total. The molecule has 0 aliphatic carbocycles. The van der Waals surface area contributed by atoms with Crippen LogP contribution in [-0.4, -0.2) is 53.8 Å². The maximum Gasteiger partial charge on any atom is 0.270 e. The Balaban J connectivity index is 1.28. The van der Waals surface area contributed by atoms with E-state index in [1.165, 1.54) is 41.4 Å². The number of aliphatic hydroxyl groups is 1. The van der Waals surface area contributed by atoms with Crippen molar-refractivity contribution in [2.75, 3.05) is 25.2 Å². The lowest BCUT2D eigenvalue weighted by atomic mass is 10.0. The van der Waals surface area contributed by atoms with Crippen molar-refractivity contribution in [2.45, 2.75) is 24.5 Å². The number of hydrogen-bond acceptors (Lipinski definition) is 6. The van der Waals surface area contributed by atoms with Gasteiger partial charge < -0.3 is 24.8 Å². The number of nitrogens with one attached hydrogen (secondary N) is 1. The zero-order valence-corrected chi connectivity index (χ0v) is 20.0. The lowest BCUT2D eigenvalue weighted by Crippen LogP contribution is -2.48. The first-order valence-corrected chi connectivity index (χ1v) is 11.7. The zero-order chi connectivity index (χ0) is 26.0. The minimum Gasteiger partial charge on any atom is -0.457 e. The van der Waals surface area contributed by atoms with Gasteiger partial charge in [-0.05, 0) is 60.9 Å². The van der Waals surface area contributed by atoms with Gasteiger partial charge in [0, 0.05) is 30.6 Å². The van der Waals surface area contributed by atoms with Crippen molar-refractivity contribution in [3.8, 4) is 23.3 Å². The summed E-state index contributed by atoms with van der Waals surface area (Å²) in [5.41, 5.74) is 1.30. The summed E-state index contributed by atoms with van der Waals surface area (Å²) in [6, 6.07) is 13.4. The van der Waals surface area contributed by atoms with Crippen LogP contribution in [0.5, 0.6) is 11.5 Å². The third-order valence-electron chi connectivity index (χ3n) is 6.22. The molecule has 9 heteroatoms. The van der Waals surface area contributed by atoms with E-state index in [0.717, 1.165) is 5.56 Å². The molecule has 2 aromatic carbocycles. The maximum atomic E-state index is 13.2. The van der Waals surface area contributed by atoms with Gasteiger partial charge in [0.15, 0.2) is 5.60 Å². The van der Waals surface area contributed by atoms with E-state index in [4.69, 9.17) is 9.47 Å². The van der Waals surface area contributed by atoms with Crippen LogP contribution < -0.4 is 15.0 Å². The fourth-order valence-corrected chi connectivity index (χ4v) is 4.10. The highest BCUT2D eigenvalue weighted by atomic mass is 19.1. The minimum absolute atomic E-state index is 0.0901. The third kappa shape index (κ3) is 5.45. The smallest absolute Gasteiger partial charge is 0.270 e. The second kappa shape index (κ2) is 10.0. The number of ether oxygens (including phenoxy) is 2. The average molecular weight is 502 g/mol. The molecule has 1 saturated heterocycles. The summed E-state index contributed by atoms with van der Waals surface area (Å²) in [6.07, 6.45) is 2.41. The highest BCUT2D eigenvalue weighted by Gasteiger charge is 2.34. The van der Waals surface area contributed by atoms with Crippen LogP contribution in [0, 0.1) is 17.7 Å². The van der Waals surface area contributed by atoms with Gasteiger partial charge in [-0.1, -0.05) is 17.9 Å². The first-order valence-electron chi connectivity index (χ1n) is 11.7. The molecular formula is C28H24FN3O5. The van der Waals surface area contributed by atoms with E-state index in [-0.39, 0.29) is 30.6 Å². The lowest BCUT2D eigenvalue weighted by Gasteiger charge is -2.30. The van der Waals surface area contributed by atoms with E-state index >= 15 is 0 Å². The Kier molecular flexibility index (Phi) is 6.61. The summed E-state index contributed by atoms with van der Waals surface area (Å²) in [7, 11) is 1.66. The number of pyridine rings is 1. The zero-order valence-electron chi connectivity index (χ0n) is 20.0. The van der Waals surface area contributed by atoms with E-state index in [0.29, 0.717) is 35.6 Å². The molecule has 2 aliphatic rings. The van der Waals surface area contributed by atoms with Gasteiger partial charge in [0.25, 0.3) is 5.91 Å². The monoisotopic (exact) mass is 501 g/mol. The number of hydrogen-bond donors (Lipinski definition) is 2. The third-order valence-corrected chi connectivity index (χ3v) is 6.22. The molecule has 0 spiro atoms. The highest BCUT2D eigenvalue weighted by molar-refractivity contribution is 6.02. The predicted octanol–water partition coefficient (Wildman–Crippen LogP) is 2.83. The van der Waals surface area contributed by atoms with Crippen LogP contribution in [0.3, 0.4) is 0 Å². The minimum atomic E-state index is -1.13. The number of anilines is 1. The molecule has 8 nitrogen and oxygen atoms in total. The molecule has 1 atom stereocenters. The van der Waals surface area contributed by atoms with E-state index in [1.807, 2.05) is 18.2 Å². The molecule has 0 unspecified atom stereocenters. The number of likely N-dealkylation sites (N-methyl/N-ethyl adjacent to an activating group) is 1. The standard InChI is InChI=1S/C28H24FN3O5/c1-32-25-14-18(10-12-28(35)16-36-17-28)2-3-19(25)4-9-23(27(32)34)31-26(33)24-15-22(11-13-30-24)37-21-7-5-20(29)6-8-21/h2-3,5-8,11,13-15,23,35H,4,9,16-17H2,1H3,(H,31,33)/t23-/m1/s1. The van der Waals surface area contributed by atoms with E-state index in [9.17, 15) is 19.1 Å². The van der Waals surface area contributed by atoms with Gasteiger partial charge in [-0.3, -0.25) is 14.6 Å². The Morgan fingerprint density at radius 2 is 1.97 bits per heavy atom. The van der Waals surface area contributed by atoms with E-state index in [1.54, 1.807) is 13.1 Å². The van der Waals surface area contributed by atoms with Crippen molar-refractivity contribution in [3.63, 3.8) is 0 Å². The number of amides is 2. The summed E-state index contributed by atoms with van der Waals surface area (Å²) < 4.78 is 23.8. The SMILES string of the molecule is CN1C(=O)[C@H](NC(=O)c2cc(Oc3ccc(F)cc3)ccn2)CCc2ccc(C#CC3(O)COC3)cc21. The van der Waals surface area contributed by atoms with Gasteiger partial charge in [0.1, 0.15) is 29.1 Å². The van der Waals surface area contributed by atoms with Gasteiger partial charge >= 0.3 is 0 Å². The molecule has 2 aliphatic heterocycles. The van der Waals surface area contributed by atoms with Crippen molar-refractivity contribution in [1.82, 2.24) is 10.3 Å². The first kappa shape index (κ1) is 24.4. The van der Waals surface area contributed by atoms with E-state index < -0.39 is 17.6 Å². The molecule has 0 radical (unpaired) electrons. The summed E-state index contributed by atoms with van der Waals surface area (Å²) in [6.45, 7) is 0.363. The Bertz CT molecular complexity index is 1410. The highest BCUT2D eigenvalue weighted by Crippen LogP contribution is 2.28. The summed E-state index contributed by atoms with van der Waals surface area (Å²) in [5, 5.41) is 12.9. The van der Waals surface area contributed by atoms with Crippen LogP contribution in [0.4, 0.5) is 10.1 Å². The molecule has 188 valence electrons. The molecule has 5 rings (SSSR count). The number of aromatic nitrogens is 1. The number of nitrogens with zero attached hydrogens (tertiary/aromatic N) is 2. The number of rotatable bonds is 4. The second-order valence-corrected chi connectivity index (χ2v) is 9.01. The number of carbonyl (C=O) groups is 2. The first-order chi connectivity index (χ1) is 17.8. The molecule has 37 heavy (non-hydrogen) atoms. The van der Waals surface area contributed by atoms with Crippen LogP contribution in [0.1, 0.15) is 28.0 Å². The van der Waals surface area contributed by atoms with Crippen molar-refractivity contribution < 1.29 is 28.6 Å². The maximum absolute atomic E-state index is 13.2. The Labute approximate surface area is 213 Å². The van der Waals surface area contributed by atoms with Crippen LogP contribution in [0.15, 0.2) is 60.8 Å². The molecule has 1 aromatic heterocycles. The summed E-state index contributed by atoms with van der Waals surface area (Å²) >= 11 is 0. The van der Waals surface area contributed by atoms with Gasteiger partial charge in [-0.2, -0.15) is 0 Å². The van der Waals surface area contributed by atoms with Crippen molar-refractivity contribution in [1.29, 1.82) is 0 Å². The molecule has 2 amide bonds. The number of aryl methyl sites for hydroxylation is 1. The lowest BCUT2D eigenvalue weighted by molar-refractivity contribution is -0.140. The molecule has 0 bridgehead atoms. The summed E-state index contributed by atoms with van der Waals surface area (Å²) in [4.78, 5) is 31.8. The molecule has 1 fully saturated rings. The van der Waals surface area contributed by atoms with Crippen LogP contribution >= 0.6 is 0 Å². The van der Waals surface area contributed by atoms with Crippen LogP contribution in [0.2, 0.25) is 0 Å². The van der Waals surface area contributed by atoms with Crippen LogP contribution in [0.25, 0.3) is 0 Å². The molecule has 3 heterocycles. The normalized spacial score (nSPS) is 18.0. The molecule has 0 saturated carbocycles. The van der Waals surface area contributed by atoms with Crippen LogP contribution in [-0.2, 0) is 16.0 Å². The number of fused-ring (bicyclic) bond motifs is 1. The van der Waals surface area contributed by atoms with Gasteiger partial charge in [-0.25, -0.2) is 4.39 Å². The van der Waals surface area contributed by atoms with Gasteiger partial charge in [-0.15, -0.1) is 0 Å². The number of halogens is 1.